The molecule has 0 unspecified atom stereocenters. The summed E-state index contributed by atoms with van der Waals surface area (Å²) in [6, 6.07) is 1.30. The number of nitrogens with zero attached hydrogens (tertiary/aromatic N) is 3. The highest BCUT2D eigenvalue weighted by Gasteiger charge is 2.28. The number of carbonyl (C=O) groups excluding carboxylic acids is 1. The minimum atomic E-state index is -0.530. The lowest BCUT2D eigenvalue weighted by Crippen LogP contribution is -2.44. The molecule has 1 aliphatic rings. The Hall–Kier alpha value is -2.09. The predicted octanol–water partition coefficient (Wildman–Crippen LogP) is 3.76. The molecule has 8 nitrogen and oxygen atoms in total. The number of hydrogen-bond acceptors (Lipinski definition) is 6. The van der Waals surface area contributed by atoms with Crippen LogP contribution >= 0.6 is 11.6 Å². The van der Waals surface area contributed by atoms with Crippen LogP contribution in [0.4, 0.5) is 16.3 Å². The maximum absolute atomic E-state index is 12.1. The molecule has 1 aliphatic heterocycles. The first-order valence-electron chi connectivity index (χ1n) is 8.13. The Morgan fingerprint density at radius 1 is 1.44 bits per heavy atom. The largest absolute Gasteiger partial charge is 0.444 e. The monoisotopic (exact) mass is 370 g/mol. The highest BCUT2D eigenvalue weighted by molar-refractivity contribution is 6.31. The van der Waals surface area contributed by atoms with Gasteiger partial charge in [-0.05, 0) is 40.5 Å². The summed E-state index contributed by atoms with van der Waals surface area (Å²) in [6.45, 7) is 8.22. The van der Waals surface area contributed by atoms with Gasteiger partial charge in [0.1, 0.15) is 5.60 Å². The number of pyridine rings is 1. The molecule has 25 heavy (non-hydrogen) atoms. The van der Waals surface area contributed by atoms with Crippen molar-refractivity contribution in [2.24, 2.45) is 0 Å². The topological polar surface area (TPSA) is 97.6 Å². The fourth-order valence-electron chi connectivity index (χ4n) is 2.54. The van der Waals surface area contributed by atoms with Gasteiger partial charge in [-0.2, -0.15) is 0 Å². The van der Waals surface area contributed by atoms with Crippen molar-refractivity contribution >= 4 is 29.2 Å². The highest BCUT2D eigenvalue weighted by atomic mass is 35.5. The summed E-state index contributed by atoms with van der Waals surface area (Å²) < 4.78 is 5.36. The van der Waals surface area contributed by atoms with Crippen molar-refractivity contribution in [2.75, 3.05) is 18.4 Å². The lowest BCUT2D eigenvalue weighted by molar-refractivity contribution is -0.384. The van der Waals surface area contributed by atoms with Gasteiger partial charge < -0.3 is 15.0 Å². The van der Waals surface area contributed by atoms with Gasteiger partial charge >= 0.3 is 11.8 Å². The Labute approximate surface area is 151 Å². The molecule has 2 rings (SSSR count). The molecule has 0 saturated carbocycles. The quantitative estimate of drug-likeness (QED) is 0.642. The van der Waals surface area contributed by atoms with E-state index < -0.39 is 10.5 Å². The van der Waals surface area contributed by atoms with Crippen LogP contribution in [0.15, 0.2) is 6.07 Å². The van der Waals surface area contributed by atoms with Crippen LogP contribution < -0.4 is 5.32 Å². The number of halogens is 1. The summed E-state index contributed by atoms with van der Waals surface area (Å²) in [7, 11) is 0. The van der Waals surface area contributed by atoms with E-state index in [1.807, 2.05) is 20.8 Å². The first-order chi connectivity index (χ1) is 11.6. The molecule has 1 amide bonds. The van der Waals surface area contributed by atoms with Crippen LogP contribution in [0.1, 0.15) is 39.3 Å². The van der Waals surface area contributed by atoms with E-state index in [9.17, 15) is 14.9 Å². The van der Waals surface area contributed by atoms with Crippen LogP contribution in [-0.4, -0.2) is 45.6 Å². The number of nitrogens with one attached hydrogen (secondary N) is 1. The number of hydrogen-bond donors (Lipinski definition) is 1. The molecule has 9 heteroatoms. The summed E-state index contributed by atoms with van der Waals surface area (Å²) >= 11 is 5.93. The van der Waals surface area contributed by atoms with E-state index in [2.05, 4.69) is 10.3 Å². The van der Waals surface area contributed by atoms with E-state index in [-0.39, 0.29) is 28.7 Å². The number of aromatic nitrogens is 1. The third-order valence-electron chi connectivity index (χ3n) is 3.82. The van der Waals surface area contributed by atoms with Crippen LogP contribution in [0.2, 0.25) is 5.02 Å². The van der Waals surface area contributed by atoms with Crippen LogP contribution in [0.3, 0.4) is 0 Å². The number of amides is 1. The first kappa shape index (κ1) is 19.2. The maximum atomic E-state index is 12.1. The van der Waals surface area contributed by atoms with Gasteiger partial charge in [-0.25, -0.2) is 9.78 Å². The zero-order valence-corrected chi connectivity index (χ0v) is 15.6. The van der Waals surface area contributed by atoms with Crippen molar-refractivity contribution in [3.8, 4) is 0 Å². The Morgan fingerprint density at radius 2 is 2.04 bits per heavy atom. The summed E-state index contributed by atoms with van der Waals surface area (Å²) in [5.74, 6) is 0.211. The molecule has 2 heterocycles. The molecule has 1 saturated heterocycles. The molecule has 1 aromatic rings. The van der Waals surface area contributed by atoms with Crippen molar-refractivity contribution in [1.29, 1.82) is 0 Å². The van der Waals surface area contributed by atoms with Gasteiger partial charge in [0.25, 0.3) is 0 Å². The number of carbonyl (C=O) groups is 1. The number of ether oxygens (including phenoxy) is 1. The van der Waals surface area contributed by atoms with Crippen LogP contribution in [0.25, 0.3) is 0 Å². The van der Waals surface area contributed by atoms with E-state index in [1.165, 1.54) is 6.07 Å². The molecule has 138 valence electrons. The van der Waals surface area contributed by atoms with E-state index in [4.69, 9.17) is 16.3 Å². The minimum Gasteiger partial charge on any atom is -0.444 e. The molecular formula is C16H23ClN4O4. The predicted molar refractivity (Wildman–Crippen MR) is 95.1 cm³/mol. The lowest BCUT2D eigenvalue weighted by Gasteiger charge is -2.33. The van der Waals surface area contributed by atoms with Gasteiger partial charge in [0.2, 0.25) is 5.82 Å². The van der Waals surface area contributed by atoms with Crippen LogP contribution in [0.5, 0.6) is 0 Å². The molecule has 0 radical (unpaired) electrons. The van der Waals surface area contributed by atoms with Gasteiger partial charge in [0, 0.05) is 25.2 Å². The van der Waals surface area contributed by atoms with Crippen molar-refractivity contribution < 1.29 is 14.5 Å². The zero-order chi connectivity index (χ0) is 18.8. The van der Waals surface area contributed by atoms with Gasteiger partial charge in [0.15, 0.2) is 0 Å². The fraction of sp³-hybridized carbons (Fsp3) is 0.625. The average molecular weight is 371 g/mol. The van der Waals surface area contributed by atoms with Gasteiger partial charge in [-0.15, -0.1) is 0 Å². The second kappa shape index (κ2) is 7.43. The normalized spacial score (nSPS) is 15.8. The molecule has 0 aromatic carbocycles. The number of piperidine rings is 1. The van der Waals surface area contributed by atoms with Crippen molar-refractivity contribution in [3.63, 3.8) is 0 Å². The maximum Gasteiger partial charge on any atom is 0.410 e. The molecule has 0 spiro atoms. The highest BCUT2D eigenvalue weighted by Crippen LogP contribution is 2.29. The summed E-state index contributed by atoms with van der Waals surface area (Å²) in [6.07, 6.45) is 0.969. The number of rotatable bonds is 3. The standard InChI is InChI=1S/C16H23ClN4O4/c1-10-12(17)9-13(21(23)24)14(18-10)19-11-5-7-20(8-6-11)15(22)25-16(2,3)4/h9,11H,5-8H2,1-4H3,(H,18,19). The zero-order valence-electron chi connectivity index (χ0n) is 14.8. The Balaban J connectivity index is 2.00. The second-order valence-electron chi connectivity index (χ2n) is 7.07. The van der Waals surface area contributed by atoms with Gasteiger partial charge in [-0.3, -0.25) is 10.1 Å². The Bertz CT molecular complexity index is 667. The molecule has 0 bridgehead atoms. The van der Waals surface area contributed by atoms with E-state index in [0.717, 1.165) is 0 Å². The third-order valence-corrected chi connectivity index (χ3v) is 4.20. The Morgan fingerprint density at radius 3 is 2.56 bits per heavy atom. The fourth-order valence-corrected chi connectivity index (χ4v) is 2.69. The Kier molecular flexibility index (Phi) is 5.72. The summed E-state index contributed by atoms with van der Waals surface area (Å²) in [5, 5.41) is 14.6. The molecule has 1 aromatic heterocycles. The molecule has 1 fully saturated rings. The number of anilines is 1. The van der Waals surface area contributed by atoms with Crippen LogP contribution in [-0.2, 0) is 4.74 Å². The summed E-state index contributed by atoms with van der Waals surface area (Å²) in [4.78, 5) is 28.6. The lowest BCUT2D eigenvalue weighted by atomic mass is 10.1. The number of nitro groups is 1. The van der Waals surface area contributed by atoms with E-state index >= 15 is 0 Å². The number of aryl methyl sites for hydroxylation is 1. The van der Waals surface area contributed by atoms with Gasteiger partial charge in [-0.1, -0.05) is 11.6 Å². The molecule has 0 aliphatic carbocycles. The van der Waals surface area contributed by atoms with E-state index in [1.54, 1.807) is 11.8 Å². The third kappa shape index (κ3) is 5.19. The van der Waals surface area contributed by atoms with Crippen molar-refractivity contribution in [1.82, 2.24) is 9.88 Å². The smallest absolute Gasteiger partial charge is 0.410 e. The summed E-state index contributed by atoms with van der Waals surface area (Å²) in [5.41, 5.74) is -0.150. The molecule has 1 N–H and O–H groups in total. The van der Waals surface area contributed by atoms with Crippen LogP contribution in [0, 0.1) is 17.0 Å². The van der Waals surface area contributed by atoms with E-state index in [0.29, 0.717) is 31.6 Å². The first-order valence-corrected chi connectivity index (χ1v) is 8.50. The minimum absolute atomic E-state index is 0.00883. The van der Waals surface area contributed by atoms with Gasteiger partial charge in [0.05, 0.1) is 15.6 Å². The van der Waals surface area contributed by atoms with Crippen molar-refractivity contribution in [3.05, 3.63) is 26.9 Å². The average Bonchev–Trinajstić information content (AvgIpc) is 2.49. The van der Waals surface area contributed by atoms with Crippen molar-refractivity contribution in [2.45, 2.75) is 52.2 Å². The molecular weight excluding hydrogens is 348 g/mol. The molecule has 0 atom stereocenters. The second-order valence-corrected chi connectivity index (χ2v) is 7.47. The number of likely N-dealkylation sites (tertiary alicyclic amines) is 1. The SMILES string of the molecule is Cc1nc(NC2CCN(C(=O)OC(C)(C)C)CC2)c([N+](=O)[O-])cc1Cl.